The third-order valence-corrected chi connectivity index (χ3v) is 3.90. The van der Waals surface area contributed by atoms with Crippen molar-refractivity contribution in [2.75, 3.05) is 11.9 Å². The molecule has 3 rings (SSSR count). The number of aromatic nitrogens is 1. The molecule has 5 nitrogen and oxygen atoms in total. The number of nitrogens with one attached hydrogen (secondary N) is 1. The van der Waals surface area contributed by atoms with E-state index in [2.05, 4.69) is 34.3 Å². The number of hydrogen-bond donors (Lipinski definition) is 2. The highest BCUT2D eigenvalue weighted by Gasteiger charge is 2.06. The van der Waals surface area contributed by atoms with Crippen molar-refractivity contribution in [3.63, 3.8) is 0 Å². The number of aliphatic imine (C=N–C) groups is 1. The lowest BCUT2D eigenvalue weighted by Crippen LogP contribution is -2.23. The Morgan fingerprint density at radius 3 is 2.74 bits per heavy atom. The van der Waals surface area contributed by atoms with Gasteiger partial charge in [0.2, 0.25) is 5.89 Å². The number of nitrogens with two attached hydrogens (primary N) is 1. The molecule has 0 aliphatic carbocycles. The molecule has 142 valence electrons. The maximum Gasteiger partial charge on any atom is 0.226 e. The number of aryl methyl sites for hydroxylation is 1. The Morgan fingerprint density at radius 1 is 1.22 bits per heavy atom. The van der Waals surface area contributed by atoms with Gasteiger partial charge in [-0.25, -0.2) is 9.37 Å². The Kier molecular flexibility index (Phi) is 7.78. The number of halogens is 2. The van der Waals surface area contributed by atoms with Crippen molar-refractivity contribution in [2.24, 2.45) is 10.7 Å². The van der Waals surface area contributed by atoms with Crippen LogP contribution in [0.5, 0.6) is 0 Å². The van der Waals surface area contributed by atoms with Crippen molar-refractivity contribution in [2.45, 2.75) is 19.8 Å². The van der Waals surface area contributed by atoms with E-state index >= 15 is 0 Å². The summed E-state index contributed by atoms with van der Waals surface area (Å²) in [5, 5.41) is 3.09. The Balaban J connectivity index is 0.00000261. The average Bonchev–Trinajstić information content (AvgIpc) is 3.11. The largest absolute Gasteiger partial charge is 0.444 e. The van der Waals surface area contributed by atoms with Gasteiger partial charge in [0.15, 0.2) is 5.96 Å². The molecule has 1 aromatic heterocycles. The van der Waals surface area contributed by atoms with Gasteiger partial charge in [0.1, 0.15) is 12.1 Å². The molecule has 0 spiro atoms. The number of rotatable bonds is 6. The van der Waals surface area contributed by atoms with E-state index < -0.39 is 0 Å². The average molecular weight is 480 g/mol. The zero-order chi connectivity index (χ0) is 18.4. The minimum atomic E-state index is -0.290. The Labute approximate surface area is 174 Å². The summed E-state index contributed by atoms with van der Waals surface area (Å²) in [6.07, 6.45) is 3.15. The van der Waals surface area contributed by atoms with E-state index in [1.165, 1.54) is 17.7 Å². The first-order chi connectivity index (χ1) is 12.6. The van der Waals surface area contributed by atoms with Crippen LogP contribution in [0.3, 0.4) is 0 Å². The zero-order valence-corrected chi connectivity index (χ0v) is 17.3. The summed E-state index contributed by atoms with van der Waals surface area (Å²) in [6, 6.07) is 14.1. The normalized spacial score (nSPS) is 11.1. The molecule has 0 radical (unpaired) electrons. The molecule has 0 aliphatic heterocycles. The van der Waals surface area contributed by atoms with E-state index in [1.807, 2.05) is 12.1 Å². The first-order valence-corrected chi connectivity index (χ1v) is 8.50. The lowest BCUT2D eigenvalue weighted by molar-refractivity contribution is 0.572. The molecule has 0 fully saturated rings. The molecule has 27 heavy (non-hydrogen) atoms. The summed E-state index contributed by atoms with van der Waals surface area (Å²) in [5.41, 5.74) is 9.59. The first-order valence-electron chi connectivity index (χ1n) is 8.50. The molecule has 3 N–H and O–H groups in total. The van der Waals surface area contributed by atoms with E-state index in [-0.39, 0.29) is 29.8 Å². The van der Waals surface area contributed by atoms with Gasteiger partial charge in [0, 0.05) is 24.2 Å². The van der Waals surface area contributed by atoms with Gasteiger partial charge in [-0.1, -0.05) is 19.1 Å². The van der Waals surface area contributed by atoms with Crippen molar-refractivity contribution in [3.05, 3.63) is 71.9 Å². The van der Waals surface area contributed by atoms with Gasteiger partial charge in [-0.3, -0.25) is 4.99 Å². The van der Waals surface area contributed by atoms with Crippen LogP contribution in [0.4, 0.5) is 10.1 Å². The van der Waals surface area contributed by atoms with Crippen LogP contribution in [0, 0.1) is 5.82 Å². The third-order valence-electron chi connectivity index (χ3n) is 3.90. The van der Waals surface area contributed by atoms with E-state index in [1.54, 1.807) is 18.4 Å². The zero-order valence-electron chi connectivity index (χ0n) is 15.0. The van der Waals surface area contributed by atoms with E-state index in [4.69, 9.17) is 10.2 Å². The number of benzene rings is 2. The monoisotopic (exact) mass is 480 g/mol. The van der Waals surface area contributed by atoms with Crippen LogP contribution in [0.1, 0.15) is 18.2 Å². The number of guanidine groups is 1. The van der Waals surface area contributed by atoms with Gasteiger partial charge < -0.3 is 15.5 Å². The highest BCUT2D eigenvalue weighted by Crippen LogP contribution is 2.19. The smallest absolute Gasteiger partial charge is 0.226 e. The lowest BCUT2D eigenvalue weighted by atomic mass is 10.1. The maximum absolute atomic E-state index is 13.0. The van der Waals surface area contributed by atoms with Gasteiger partial charge in [0.05, 0.1) is 5.69 Å². The molecule has 0 saturated heterocycles. The molecular weight excluding hydrogens is 458 g/mol. The minimum Gasteiger partial charge on any atom is -0.444 e. The first kappa shape index (κ1) is 20.9. The summed E-state index contributed by atoms with van der Waals surface area (Å²) < 4.78 is 18.4. The van der Waals surface area contributed by atoms with Crippen LogP contribution in [0.2, 0.25) is 0 Å². The van der Waals surface area contributed by atoms with Crippen molar-refractivity contribution in [3.8, 4) is 11.5 Å². The summed E-state index contributed by atoms with van der Waals surface area (Å²) in [4.78, 5) is 8.71. The highest BCUT2D eigenvalue weighted by atomic mass is 127. The highest BCUT2D eigenvalue weighted by molar-refractivity contribution is 14.0. The molecule has 7 heteroatoms. The van der Waals surface area contributed by atoms with E-state index in [0.29, 0.717) is 24.8 Å². The summed E-state index contributed by atoms with van der Waals surface area (Å²) in [6.45, 7) is 2.59. The molecular formula is C20H22FIN4O. The molecule has 0 aliphatic rings. The Hall–Kier alpha value is -2.42. The number of nitrogens with zero attached hydrogens (tertiary/aromatic N) is 2. The lowest BCUT2D eigenvalue weighted by Gasteiger charge is -2.06. The summed E-state index contributed by atoms with van der Waals surface area (Å²) in [5.74, 6) is 0.536. The Bertz CT molecular complexity index is 893. The topological polar surface area (TPSA) is 76.4 Å². The van der Waals surface area contributed by atoms with Crippen LogP contribution < -0.4 is 11.1 Å². The standard InChI is InChI=1S/C20H21FN4O.HI/c1-2-14-4-3-5-17(12-14)25-20(22)23-11-10-18-13-26-19(24-18)15-6-8-16(21)9-7-15;/h3-9,12-13H,2,10-11H2,1H3,(H3,22,23,25);1H. The summed E-state index contributed by atoms with van der Waals surface area (Å²) >= 11 is 0. The molecule has 0 amide bonds. The summed E-state index contributed by atoms with van der Waals surface area (Å²) in [7, 11) is 0. The minimum absolute atomic E-state index is 0. The van der Waals surface area contributed by atoms with Crippen molar-refractivity contribution in [1.29, 1.82) is 0 Å². The fourth-order valence-electron chi connectivity index (χ4n) is 2.49. The molecule has 2 aromatic carbocycles. The number of hydrogen-bond acceptors (Lipinski definition) is 3. The third kappa shape index (κ3) is 6.06. The molecule has 0 bridgehead atoms. The van der Waals surface area contributed by atoms with Gasteiger partial charge in [0.25, 0.3) is 0 Å². The number of oxazole rings is 1. The second kappa shape index (κ2) is 10.1. The van der Waals surface area contributed by atoms with E-state index in [9.17, 15) is 4.39 Å². The quantitative estimate of drug-likeness (QED) is 0.307. The number of anilines is 1. The van der Waals surface area contributed by atoms with Crippen LogP contribution in [-0.4, -0.2) is 17.5 Å². The molecule has 0 saturated carbocycles. The molecule has 1 heterocycles. The fourth-order valence-corrected chi connectivity index (χ4v) is 2.49. The Morgan fingerprint density at radius 2 is 2.00 bits per heavy atom. The second-order valence-electron chi connectivity index (χ2n) is 5.85. The van der Waals surface area contributed by atoms with Crippen LogP contribution >= 0.6 is 24.0 Å². The van der Waals surface area contributed by atoms with Gasteiger partial charge in [-0.05, 0) is 48.4 Å². The molecule has 0 atom stereocenters. The maximum atomic E-state index is 13.0. The molecule has 3 aromatic rings. The van der Waals surface area contributed by atoms with Crippen LogP contribution in [0.25, 0.3) is 11.5 Å². The van der Waals surface area contributed by atoms with Crippen molar-refractivity contribution >= 4 is 35.6 Å². The molecule has 0 unspecified atom stereocenters. The van der Waals surface area contributed by atoms with Crippen molar-refractivity contribution < 1.29 is 8.81 Å². The SMILES string of the molecule is CCc1cccc(NC(N)=NCCc2coc(-c3ccc(F)cc3)n2)c1.I. The fraction of sp³-hybridized carbons (Fsp3) is 0.200. The van der Waals surface area contributed by atoms with Crippen LogP contribution in [-0.2, 0) is 12.8 Å². The predicted molar refractivity (Wildman–Crippen MR) is 117 cm³/mol. The van der Waals surface area contributed by atoms with Gasteiger partial charge >= 0.3 is 0 Å². The van der Waals surface area contributed by atoms with Crippen LogP contribution in [0.15, 0.2) is 64.2 Å². The van der Waals surface area contributed by atoms with E-state index in [0.717, 1.165) is 23.4 Å². The second-order valence-corrected chi connectivity index (χ2v) is 5.85. The van der Waals surface area contributed by atoms with Crippen molar-refractivity contribution in [1.82, 2.24) is 4.98 Å². The van der Waals surface area contributed by atoms with Gasteiger partial charge in [-0.2, -0.15) is 0 Å². The predicted octanol–water partition coefficient (Wildman–Crippen LogP) is 4.63. The van der Waals surface area contributed by atoms with Gasteiger partial charge in [-0.15, -0.1) is 24.0 Å².